The van der Waals surface area contributed by atoms with Gasteiger partial charge in [-0.15, -0.1) is 0 Å². The van der Waals surface area contributed by atoms with E-state index in [4.69, 9.17) is 4.74 Å². The summed E-state index contributed by atoms with van der Waals surface area (Å²) in [6, 6.07) is 3.11. The Morgan fingerprint density at radius 1 is 1.15 bits per heavy atom. The Morgan fingerprint density at radius 2 is 1.95 bits per heavy atom. The monoisotopic (exact) mass is 344 g/mol. The number of benzene rings is 1. The Balaban J connectivity index is 2.20. The van der Waals surface area contributed by atoms with Crippen molar-refractivity contribution < 1.29 is 13.5 Å². The summed E-state index contributed by atoms with van der Waals surface area (Å²) >= 11 is -0.586. The van der Waals surface area contributed by atoms with Crippen LogP contribution in [0, 0.1) is 11.6 Å². The molecule has 1 aromatic rings. The molecule has 1 aliphatic rings. The molecule has 0 saturated heterocycles. The second-order valence-electron chi connectivity index (χ2n) is 4.31. The third-order valence-corrected chi connectivity index (χ3v) is 5.66. The second kappa shape index (κ2) is 6.87. The summed E-state index contributed by atoms with van der Waals surface area (Å²) in [5.74, 6) is -1.72. The van der Waals surface area contributed by atoms with E-state index in [2.05, 4.69) is 19.1 Å². The van der Waals surface area contributed by atoms with Gasteiger partial charge in [0.1, 0.15) is 0 Å². The van der Waals surface area contributed by atoms with Gasteiger partial charge in [-0.1, -0.05) is 0 Å². The van der Waals surface area contributed by atoms with Gasteiger partial charge in [0.15, 0.2) is 0 Å². The molecule has 0 bridgehead atoms. The molecule has 0 N–H and O–H groups in total. The molecule has 1 aromatic carbocycles. The van der Waals surface area contributed by atoms with E-state index in [1.165, 1.54) is 10.5 Å². The van der Waals surface area contributed by atoms with Crippen LogP contribution in [0.1, 0.15) is 25.8 Å². The fraction of sp³-hybridized carbons (Fsp3) is 0.250. The van der Waals surface area contributed by atoms with Gasteiger partial charge in [-0.2, -0.15) is 0 Å². The molecule has 0 radical (unpaired) electrons. The van der Waals surface area contributed by atoms with Crippen LogP contribution in [0.5, 0.6) is 5.75 Å². The Bertz CT molecular complexity index is 588. The van der Waals surface area contributed by atoms with Crippen molar-refractivity contribution >= 4 is 19.4 Å². The van der Waals surface area contributed by atoms with E-state index in [9.17, 15) is 8.78 Å². The van der Waals surface area contributed by atoms with E-state index in [1.54, 1.807) is 13.0 Å². The Hall–Kier alpha value is -1.38. The van der Waals surface area contributed by atoms with Crippen LogP contribution in [0.15, 0.2) is 40.9 Å². The van der Waals surface area contributed by atoms with Gasteiger partial charge in [0.25, 0.3) is 0 Å². The van der Waals surface area contributed by atoms with Crippen LogP contribution in [-0.2, 0) is 0 Å². The van der Waals surface area contributed by atoms with Crippen molar-refractivity contribution in [3.63, 3.8) is 0 Å². The molecule has 0 spiro atoms. The molecule has 1 nitrogen and oxygen atoms in total. The SMILES string of the molecule is CCC=CC1=CC=C(c2ccc(OCC)c(F)c2F)[SeH2]1. The fourth-order valence-corrected chi connectivity index (χ4v) is 4.38. The first kappa shape index (κ1) is 15.0. The summed E-state index contributed by atoms with van der Waals surface area (Å²) in [6.45, 7) is 4.13. The summed E-state index contributed by atoms with van der Waals surface area (Å²) in [6.07, 6.45) is 9.03. The molecule has 108 valence electrons. The summed E-state index contributed by atoms with van der Waals surface area (Å²) in [5, 5.41) is 0. The zero-order valence-electron chi connectivity index (χ0n) is 11.5. The molecule has 0 fully saturated rings. The summed E-state index contributed by atoms with van der Waals surface area (Å²) < 4.78 is 35.2. The number of halogens is 2. The quantitative estimate of drug-likeness (QED) is 0.740. The van der Waals surface area contributed by atoms with Gasteiger partial charge in [0.2, 0.25) is 0 Å². The topological polar surface area (TPSA) is 9.23 Å². The first-order chi connectivity index (χ1) is 9.67. The fourth-order valence-electron chi connectivity index (χ4n) is 1.92. The molecule has 0 amide bonds. The van der Waals surface area contributed by atoms with Crippen molar-refractivity contribution in [2.45, 2.75) is 20.3 Å². The van der Waals surface area contributed by atoms with E-state index in [0.717, 1.165) is 10.9 Å². The van der Waals surface area contributed by atoms with Crippen molar-refractivity contribution in [1.82, 2.24) is 0 Å². The molecular formula is C16H18F2OSe. The first-order valence-corrected chi connectivity index (χ1v) is 8.73. The number of hydrogen-bond donors (Lipinski definition) is 0. The second-order valence-corrected chi connectivity index (χ2v) is 7.18. The van der Waals surface area contributed by atoms with Crippen molar-refractivity contribution in [1.29, 1.82) is 0 Å². The Morgan fingerprint density at radius 3 is 2.65 bits per heavy atom. The van der Waals surface area contributed by atoms with E-state index < -0.39 is 26.6 Å². The van der Waals surface area contributed by atoms with Gasteiger partial charge < -0.3 is 0 Å². The third-order valence-electron chi connectivity index (χ3n) is 2.88. The van der Waals surface area contributed by atoms with Gasteiger partial charge >= 0.3 is 124 Å². The van der Waals surface area contributed by atoms with Gasteiger partial charge in [0.05, 0.1) is 0 Å². The van der Waals surface area contributed by atoms with Gasteiger partial charge in [-0.3, -0.25) is 0 Å². The summed E-state index contributed by atoms with van der Waals surface area (Å²) in [4.78, 5) is 0. The van der Waals surface area contributed by atoms with Gasteiger partial charge in [-0.25, -0.2) is 0 Å². The Kier molecular flexibility index (Phi) is 5.16. The van der Waals surface area contributed by atoms with E-state index in [1.807, 2.05) is 12.2 Å². The maximum absolute atomic E-state index is 14.1. The molecule has 20 heavy (non-hydrogen) atoms. The van der Waals surface area contributed by atoms with Crippen LogP contribution in [0.4, 0.5) is 8.78 Å². The van der Waals surface area contributed by atoms with Crippen LogP contribution >= 0.6 is 0 Å². The van der Waals surface area contributed by atoms with Gasteiger partial charge in [-0.05, 0) is 0 Å². The molecule has 0 saturated carbocycles. The van der Waals surface area contributed by atoms with Crippen LogP contribution < -0.4 is 4.74 Å². The van der Waals surface area contributed by atoms with E-state index >= 15 is 0 Å². The predicted molar refractivity (Wildman–Crippen MR) is 81.6 cm³/mol. The van der Waals surface area contributed by atoms with Crippen molar-refractivity contribution in [3.8, 4) is 5.75 Å². The van der Waals surface area contributed by atoms with Crippen molar-refractivity contribution in [3.05, 3.63) is 58.1 Å². The normalized spacial score (nSPS) is 16.6. The molecule has 1 aliphatic heterocycles. The summed E-state index contributed by atoms with van der Waals surface area (Å²) in [5.41, 5.74) is 0.363. The standard InChI is InChI=1S/C16H18F2OSe/c1-3-5-6-11-7-10-14(20-11)12-8-9-13(19-4-2)16(18)15(12)17/h5-10H,3-4,20H2,1-2H3. The Labute approximate surface area is 124 Å². The van der Waals surface area contributed by atoms with Crippen molar-refractivity contribution in [2.24, 2.45) is 0 Å². The molecule has 4 heteroatoms. The predicted octanol–water partition coefficient (Wildman–Crippen LogP) is 3.74. The number of allylic oxidation sites excluding steroid dienone is 5. The van der Waals surface area contributed by atoms with Crippen LogP contribution in [-0.4, -0.2) is 21.6 Å². The molecule has 0 unspecified atom stereocenters. The summed E-state index contributed by atoms with van der Waals surface area (Å²) in [7, 11) is 0. The van der Waals surface area contributed by atoms with Crippen LogP contribution in [0.3, 0.4) is 0 Å². The van der Waals surface area contributed by atoms with Crippen molar-refractivity contribution in [2.75, 3.05) is 6.61 Å². The minimum atomic E-state index is -0.894. The molecular weight excluding hydrogens is 325 g/mol. The van der Waals surface area contributed by atoms with E-state index in [0.29, 0.717) is 12.2 Å². The average molecular weight is 343 g/mol. The van der Waals surface area contributed by atoms with Gasteiger partial charge in [0, 0.05) is 0 Å². The average Bonchev–Trinajstić information content (AvgIpc) is 2.90. The zero-order chi connectivity index (χ0) is 14.5. The number of rotatable bonds is 5. The van der Waals surface area contributed by atoms with Crippen LogP contribution in [0.2, 0.25) is 0 Å². The minimum absolute atomic E-state index is 0.0218. The molecule has 0 atom stereocenters. The molecule has 0 aromatic heterocycles. The zero-order valence-corrected chi connectivity index (χ0v) is 13.6. The first-order valence-electron chi connectivity index (χ1n) is 6.64. The number of hydrogen-bond acceptors (Lipinski definition) is 1. The maximum atomic E-state index is 14.1. The number of ether oxygens (including phenoxy) is 1. The van der Waals surface area contributed by atoms with E-state index in [-0.39, 0.29) is 5.75 Å². The molecule has 2 rings (SSSR count). The molecule has 1 heterocycles. The third kappa shape index (κ3) is 3.20. The molecule has 0 aliphatic carbocycles. The van der Waals surface area contributed by atoms with Crippen LogP contribution in [0.25, 0.3) is 4.47 Å².